The third-order valence-corrected chi connectivity index (χ3v) is 3.01. The van der Waals surface area contributed by atoms with Crippen LogP contribution in [0.5, 0.6) is 5.75 Å². The van der Waals surface area contributed by atoms with Gasteiger partial charge in [0.15, 0.2) is 0 Å². The largest absolute Gasteiger partial charge is 0.508 e. The van der Waals surface area contributed by atoms with E-state index in [0.29, 0.717) is 5.56 Å². The van der Waals surface area contributed by atoms with Gasteiger partial charge < -0.3 is 10.4 Å². The van der Waals surface area contributed by atoms with Gasteiger partial charge in [-0.2, -0.15) is 13.2 Å². The van der Waals surface area contributed by atoms with Gasteiger partial charge >= 0.3 is 5.51 Å². The molecule has 0 saturated heterocycles. The summed E-state index contributed by atoms with van der Waals surface area (Å²) in [5.41, 5.74) is -3.92. The van der Waals surface area contributed by atoms with Crippen LogP contribution < -0.4 is 5.32 Å². The third kappa shape index (κ3) is 5.14. The molecule has 2 nitrogen and oxygen atoms in total. The number of halogens is 4. The summed E-state index contributed by atoms with van der Waals surface area (Å²) >= 11 is -0.121. The van der Waals surface area contributed by atoms with Crippen molar-refractivity contribution in [2.75, 3.05) is 12.3 Å². The summed E-state index contributed by atoms with van der Waals surface area (Å²) in [7, 11) is 0. The summed E-state index contributed by atoms with van der Waals surface area (Å²) < 4.78 is 48.6. The van der Waals surface area contributed by atoms with Crippen LogP contribution in [-0.4, -0.2) is 22.9 Å². The summed E-state index contributed by atoms with van der Waals surface area (Å²) in [6.45, 7) is 1.76. The van der Waals surface area contributed by atoms with Crippen molar-refractivity contribution in [2.45, 2.75) is 18.5 Å². The molecule has 1 rings (SSSR count). The van der Waals surface area contributed by atoms with Crippen molar-refractivity contribution in [3.05, 3.63) is 29.6 Å². The molecule has 1 atom stereocenters. The molecule has 0 aliphatic rings. The number of nitrogens with one attached hydrogen (secondary N) is 1. The molecule has 0 fully saturated rings. The standard InChI is InChI=1S/C11H13F4NOS/c1-7(16-4-5-18-11(13,14)15)9-6-8(12)2-3-10(9)17/h2-3,6-7,16-17H,4-5H2,1H3. The average molecular weight is 283 g/mol. The van der Waals surface area contributed by atoms with Crippen LogP contribution in [0.25, 0.3) is 0 Å². The van der Waals surface area contributed by atoms with Crippen LogP contribution in [0.1, 0.15) is 18.5 Å². The van der Waals surface area contributed by atoms with E-state index in [1.807, 2.05) is 0 Å². The first-order valence-electron chi connectivity index (χ1n) is 5.22. The zero-order valence-corrected chi connectivity index (χ0v) is 10.4. The minimum absolute atomic E-state index is 0.0834. The van der Waals surface area contributed by atoms with E-state index in [2.05, 4.69) is 5.32 Å². The summed E-state index contributed by atoms with van der Waals surface area (Å²) in [5, 5.41) is 12.3. The van der Waals surface area contributed by atoms with Gasteiger partial charge in [0.2, 0.25) is 0 Å². The Morgan fingerprint density at radius 3 is 2.67 bits per heavy atom. The van der Waals surface area contributed by atoms with Crippen molar-refractivity contribution < 1.29 is 22.7 Å². The first-order chi connectivity index (χ1) is 8.29. The van der Waals surface area contributed by atoms with Gasteiger partial charge in [-0.3, -0.25) is 0 Å². The molecule has 0 amide bonds. The second-order valence-electron chi connectivity index (χ2n) is 3.67. The molecule has 0 saturated carbocycles. The quantitative estimate of drug-likeness (QED) is 0.641. The van der Waals surface area contributed by atoms with E-state index in [-0.39, 0.29) is 29.8 Å². The maximum atomic E-state index is 13.0. The van der Waals surface area contributed by atoms with Crippen molar-refractivity contribution in [3.8, 4) is 5.75 Å². The number of aromatic hydroxyl groups is 1. The van der Waals surface area contributed by atoms with Crippen LogP contribution in [0, 0.1) is 5.82 Å². The number of alkyl halides is 3. The molecule has 7 heteroatoms. The van der Waals surface area contributed by atoms with Crippen LogP contribution in [0.3, 0.4) is 0 Å². The van der Waals surface area contributed by atoms with Gasteiger partial charge in [-0.25, -0.2) is 4.39 Å². The van der Waals surface area contributed by atoms with Crippen LogP contribution >= 0.6 is 11.8 Å². The summed E-state index contributed by atoms with van der Waals surface area (Å²) in [5.74, 6) is -0.717. The van der Waals surface area contributed by atoms with E-state index in [4.69, 9.17) is 0 Å². The summed E-state index contributed by atoms with van der Waals surface area (Å²) in [4.78, 5) is 0. The molecule has 102 valence electrons. The van der Waals surface area contributed by atoms with E-state index in [9.17, 15) is 22.7 Å². The third-order valence-electron chi connectivity index (χ3n) is 2.27. The van der Waals surface area contributed by atoms with Crippen LogP contribution in [-0.2, 0) is 0 Å². The second-order valence-corrected chi connectivity index (χ2v) is 4.83. The fourth-order valence-corrected chi connectivity index (χ4v) is 1.88. The number of phenolic OH excluding ortho intramolecular Hbond substituents is 1. The van der Waals surface area contributed by atoms with E-state index < -0.39 is 17.4 Å². The number of benzene rings is 1. The predicted octanol–water partition coefficient (Wildman–Crippen LogP) is 3.43. The maximum Gasteiger partial charge on any atom is 0.441 e. The highest BCUT2D eigenvalue weighted by Gasteiger charge is 2.27. The van der Waals surface area contributed by atoms with Crippen LogP contribution in [0.2, 0.25) is 0 Å². The second kappa shape index (κ2) is 6.29. The van der Waals surface area contributed by atoms with Crippen molar-refractivity contribution in [1.82, 2.24) is 5.32 Å². The summed E-state index contributed by atoms with van der Waals surface area (Å²) in [6, 6.07) is 3.07. The zero-order chi connectivity index (χ0) is 13.8. The molecule has 2 N–H and O–H groups in total. The molecule has 0 aliphatic carbocycles. The van der Waals surface area contributed by atoms with Crippen molar-refractivity contribution >= 4 is 11.8 Å². The summed E-state index contributed by atoms with van der Waals surface area (Å²) in [6.07, 6.45) is 0. The van der Waals surface area contributed by atoms with E-state index in [1.165, 1.54) is 6.07 Å². The number of rotatable bonds is 5. The van der Waals surface area contributed by atoms with Crippen molar-refractivity contribution in [1.29, 1.82) is 0 Å². The lowest BCUT2D eigenvalue weighted by molar-refractivity contribution is -0.0327. The van der Waals surface area contributed by atoms with E-state index in [0.717, 1.165) is 12.1 Å². The lowest BCUT2D eigenvalue weighted by Gasteiger charge is -2.15. The van der Waals surface area contributed by atoms with Gasteiger partial charge in [-0.15, -0.1) is 0 Å². The normalized spacial score (nSPS) is 13.6. The molecular weight excluding hydrogens is 270 g/mol. The lowest BCUT2D eigenvalue weighted by Crippen LogP contribution is -2.22. The predicted molar refractivity (Wildman–Crippen MR) is 63.0 cm³/mol. The van der Waals surface area contributed by atoms with Gasteiger partial charge in [0.25, 0.3) is 0 Å². The fourth-order valence-electron chi connectivity index (χ4n) is 1.42. The Labute approximate surface area is 106 Å². The molecule has 18 heavy (non-hydrogen) atoms. The minimum Gasteiger partial charge on any atom is -0.508 e. The molecule has 0 heterocycles. The highest BCUT2D eigenvalue weighted by molar-refractivity contribution is 8.00. The number of hydrogen-bond acceptors (Lipinski definition) is 3. The van der Waals surface area contributed by atoms with E-state index in [1.54, 1.807) is 6.92 Å². The Bertz CT molecular complexity index is 397. The Morgan fingerprint density at radius 1 is 1.39 bits per heavy atom. The van der Waals surface area contributed by atoms with Gasteiger partial charge in [-0.05, 0) is 36.9 Å². The highest BCUT2D eigenvalue weighted by atomic mass is 32.2. The molecule has 0 aliphatic heterocycles. The van der Waals surface area contributed by atoms with Gasteiger partial charge in [-0.1, -0.05) is 0 Å². The number of thioether (sulfide) groups is 1. The molecule has 1 aromatic carbocycles. The van der Waals surface area contributed by atoms with Crippen molar-refractivity contribution in [2.24, 2.45) is 0 Å². The van der Waals surface area contributed by atoms with Gasteiger partial charge in [0, 0.05) is 23.9 Å². The Morgan fingerprint density at radius 2 is 2.06 bits per heavy atom. The maximum absolute atomic E-state index is 13.0. The molecule has 1 unspecified atom stereocenters. The molecular formula is C11H13F4NOS. The highest BCUT2D eigenvalue weighted by Crippen LogP contribution is 2.30. The monoisotopic (exact) mass is 283 g/mol. The van der Waals surface area contributed by atoms with Gasteiger partial charge in [0.1, 0.15) is 11.6 Å². The topological polar surface area (TPSA) is 32.3 Å². The molecule has 0 aromatic heterocycles. The molecule has 0 spiro atoms. The van der Waals surface area contributed by atoms with E-state index >= 15 is 0 Å². The average Bonchev–Trinajstić information content (AvgIpc) is 2.26. The first kappa shape index (κ1) is 15.1. The van der Waals surface area contributed by atoms with Crippen molar-refractivity contribution in [3.63, 3.8) is 0 Å². The van der Waals surface area contributed by atoms with Gasteiger partial charge in [0.05, 0.1) is 0 Å². The smallest absolute Gasteiger partial charge is 0.441 e. The number of hydrogen-bond donors (Lipinski definition) is 2. The minimum atomic E-state index is -4.24. The molecule has 0 radical (unpaired) electrons. The lowest BCUT2D eigenvalue weighted by atomic mass is 10.1. The fraction of sp³-hybridized carbons (Fsp3) is 0.455. The molecule has 1 aromatic rings. The first-order valence-corrected chi connectivity index (χ1v) is 6.20. The SMILES string of the molecule is CC(NCCSC(F)(F)F)c1cc(F)ccc1O. The van der Waals surface area contributed by atoms with Crippen LogP contribution in [0.15, 0.2) is 18.2 Å². The van der Waals surface area contributed by atoms with Crippen LogP contribution in [0.4, 0.5) is 17.6 Å². The zero-order valence-electron chi connectivity index (χ0n) is 9.59. The Balaban J connectivity index is 2.45. The Hall–Kier alpha value is -0.950. The Kier molecular flexibility index (Phi) is 5.28. The molecule has 0 bridgehead atoms. The number of phenols is 1.